The van der Waals surface area contributed by atoms with E-state index in [2.05, 4.69) is 12.2 Å². The van der Waals surface area contributed by atoms with E-state index in [9.17, 15) is 9.59 Å². The summed E-state index contributed by atoms with van der Waals surface area (Å²) in [5.74, 6) is -0.619. The fourth-order valence-corrected chi connectivity index (χ4v) is 2.54. The number of aromatic carboxylic acids is 1. The van der Waals surface area contributed by atoms with E-state index in [-0.39, 0.29) is 16.6 Å². The van der Waals surface area contributed by atoms with Crippen molar-refractivity contribution in [3.05, 3.63) is 28.8 Å². The van der Waals surface area contributed by atoms with Gasteiger partial charge in [0, 0.05) is 18.8 Å². The number of carboxylic acid groups (broad SMARTS) is 1. The van der Waals surface area contributed by atoms with Crippen LogP contribution in [0, 0.1) is 5.92 Å². The summed E-state index contributed by atoms with van der Waals surface area (Å²) in [6, 6.07) is 4.24. The molecule has 6 heteroatoms. The maximum atomic E-state index is 12.1. The predicted molar refractivity (Wildman–Crippen MR) is 77.4 cm³/mol. The fourth-order valence-electron chi connectivity index (χ4n) is 2.34. The Hall–Kier alpha value is -1.75. The van der Waals surface area contributed by atoms with Crippen LogP contribution in [0.2, 0.25) is 5.02 Å². The second-order valence-electron chi connectivity index (χ2n) is 5.12. The summed E-state index contributed by atoms with van der Waals surface area (Å²) < 4.78 is 0. The van der Waals surface area contributed by atoms with E-state index in [1.54, 1.807) is 11.0 Å². The molecule has 5 nitrogen and oxygen atoms in total. The number of hydrogen-bond acceptors (Lipinski definition) is 2. The van der Waals surface area contributed by atoms with Gasteiger partial charge in [-0.1, -0.05) is 18.5 Å². The lowest BCUT2D eigenvalue weighted by atomic mass is 10.0. The van der Waals surface area contributed by atoms with Crippen LogP contribution in [0.1, 0.15) is 30.1 Å². The van der Waals surface area contributed by atoms with Crippen molar-refractivity contribution in [3.8, 4) is 0 Å². The minimum Gasteiger partial charge on any atom is -0.478 e. The van der Waals surface area contributed by atoms with E-state index < -0.39 is 5.97 Å². The van der Waals surface area contributed by atoms with Gasteiger partial charge in [0.1, 0.15) is 0 Å². The zero-order valence-electron chi connectivity index (χ0n) is 11.2. The zero-order chi connectivity index (χ0) is 14.7. The van der Waals surface area contributed by atoms with E-state index in [4.69, 9.17) is 16.7 Å². The number of nitrogens with one attached hydrogen (secondary N) is 1. The topological polar surface area (TPSA) is 69.6 Å². The van der Waals surface area contributed by atoms with Gasteiger partial charge in [-0.15, -0.1) is 0 Å². The van der Waals surface area contributed by atoms with Crippen LogP contribution in [0.15, 0.2) is 18.2 Å². The molecule has 0 saturated carbocycles. The van der Waals surface area contributed by atoms with Crippen LogP contribution in [0.3, 0.4) is 0 Å². The van der Waals surface area contributed by atoms with E-state index in [0.717, 1.165) is 25.9 Å². The third-order valence-electron chi connectivity index (χ3n) is 3.39. The molecule has 1 aliphatic heterocycles. The Balaban J connectivity index is 2.07. The minimum atomic E-state index is -1.11. The van der Waals surface area contributed by atoms with E-state index in [1.807, 2.05) is 0 Å². The fraction of sp³-hybridized carbons (Fsp3) is 0.429. The molecule has 1 atom stereocenters. The van der Waals surface area contributed by atoms with Crippen molar-refractivity contribution in [1.82, 2.24) is 4.90 Å². The molecule has 1 fully saturated rings. The minimum absolute atomic E-state index is 0.0171. The van der Waals surface area contributed by atoms with Crippen molar-refractivity contribution < 1.29 is 14.7 Å². The molecule has 1 aliphatic rings. The van der Waals surface area contributed by atoms with Crippen molar-refractivity contribution >= 4 is 29.3 Å². The molecule has 0 spiro atoms. The summed E-state index contributed by atoms with van der Waals surface area (Å²) in [6.07, 6.45) is 2.13. The molecule has 0 aliphatic carbocycles. The number of urea groups is 1. The first-order valence-electron chi connectivity index (χ1n) is 6.56. The summed E-state index contributed by atoms with van der Waals surface area (Å²) in [5, 5.41) is 11.9. The molecule has 1 aromatic rings. The molecule has 2 N–H and O–H groups in total. The lowest BCUT2D eigenvalue weighted by molar-refractivity contribution is 0.0697. The Bertz CT molecular complexity index is 533. The first-order valence-corrected chi connectivity index (χ1v) is 6.94. The van der Waals surface area contributed by atoms with Crippen LogP contribution in [0.25, 0.3) is 0 Å². The molecule has 20 heavy (non-hydrogen) atoms. The first-order chi connectivity index (χ1) is 9.47. The molecule has 1 heterocycles. The number of carbonyl (C=O) groups excluding carboxylic acids is 1. The van der Waals surface area contributed by atoms with Crippen LogP contribution in [0.4, 0.5) is 10.5 Å². The Morgan fingerprint density at radius 1 is 1.45 bits per heavy atom. The van der Waals surface area contributed by atoms with Crippen molar-refractivity contribution in [2.75, 3.05) is 18.4 Å². The molecular weight excluding hydrogens is 280 g/mol. The normalized spacial score (nSPS) is 18.7. The van der Waals surface area contributed by atoms with Crippen molar-refractivity contribution in [2.45, 2.75) is 19.8 Å². The molecule has 0 aromatic heterocycles. The summed E-state index contributed by atoms with van der Waals surface area (Å²) in [5.41, 5.74) is 0.423. The average Bonchev–Trinajstić information content (AvgIpc) is 2.40. The van der Waals surface area contributed by atoms with Gasteiger partial charge in [0.05, 0.1) is 10.6 Å². The molecule has 1 saturated heterocycles. The van der Waals surface area contributed by atoms with Crippen LogP contribution in [-0.4, -0.2) is 35.1 Å². The van der Waals surface area contributed by atoms with Gasteiger partial charge in [-0.3, -0.25) is 0 Å². The Labute approximate surface area is 122 Å². The SMILES string of the molecule is CC1CCCN(C(=O)Nc2ccc(Cl)c(C(=O)O)c2)C1. The number of rotatable bonds is 2. The number of hydrogen-bond donors (Lipinski definition) is 2. The van der Waals surface area contributed by atoms with E-state index >= 15 is 0 Å². The van der Waals surface area contributed by atoms with Gasteiger partial charge in [-0.25, -0.2) is 9.59 Å². The smallest absolute Gasteiger partial charge is 0.337 e. The van der Waals surface area contributed by atoms with Crippen LogP contribution in [0.5, 0.6) is 0 Å². The van der Waals surface area contributed by atoms with Gasteiger partial charge < -0.3 is 15.3 Å². The second kappa shape index (κ2) is 6.13. The number of carboxylic acids is 1. The first kappa shape index (κ1) is 14.7. The number of likely N-dealkylation sites (tertiary alicyclic amines) is 1. The maximum absolute atomic E-state index is 12.1. The van der Waals surface area contributed by atoms with Crippen LogP contribution >= 0.6 is 11.6 Å². The number of halogens is 1. The molecule has 2 rings (SSSR count). The third kappa shape index (κ3) is 3.42. The summed E-state index contributed by atoms with van der Waals surface area (Å²) in [6.45, 7) is 3.57. The number of anilines is 1. The monoisotopic (exact) mass is 296 g/mol. The van der Waals surface area contributed by atoms with Crippen LogP contribution < -0.4 is 5.32 Å². The maximum Gasteiger partial charge on any atom is 0.337 e. The third-order valence-corrected chi connectivity index (χ3v) is 3.72. The van der Waals surface area contributed by atoms with Crippen LogP contribution in [-0.2, 0) is 0 Å². The van der Waals surface area contributed by atoms with Gasteiger partial charge in [0.15, 0.2) is 0 Å². The van der Waals surface area contributed by atoms with Gasteiger partial charge in [-0.05, 0) is 37.0 Å². The van der Waals surface area contributed by atoms with Crippen molar-refractivity contribution in [2.24, 2.45) is 5.92 Å². The quantitative estimate of drug-likeness (QED) is 0.879. The van der Waals surface area contributed by atoms with Crippen molar-refractivity contribution in [3.63, 3.8) is 0 Å². The summed E-state index contributed by atoms with van der Waals surface area (Å²) in [7, 11) is 0. The van der Waals surface area contributed by atoms with E-state index in [1.165, 1.54) is 12.1 Å². The van der Waals surface area contributed by atoms with Gasteiger partial charge in [0.2, 0.25) is 0 Å². The molecular formula is C14H17ClN2O3. The van der Waals surface area contributed by atoms with Gasteiger partial charge in [0.25, 0.3) is 0 Å². The highest BCUT2D eigenvalue weighted by Crippen LogP contribution is 2.22. The van der Waals surface area contributed by atoms with Gasteiger partial charge >= 0.3 is 12.0 Å². The Morgan fingerprint density at radius 3 is 2.85 bits per heavy atom. The largest absolute Gasteiger partial charge is 0.478 e. The molecule has 0 bridgehead atoms. The second-order valence-corrected chi connectivity index (χ2v) is 5.53. The zero-order valence-corrected chi connectivity index (χ0v) is 12.0. The lowest BCUT2D eigenvalue weighted by Gasteiger charge is -2.30. The molecule has 1 aromatic carbocycles. The molecule has 108 valence electrons. The highest BCUT2D eigenvalue weighted by molar-refractivity contribution is 6.33. The number of amides is 2. The average molecular weight is 297 g/mol. The van der Waals surface area contributed by atoms with Crippen molar-refractivity contribution in [1.29, 1.82) is 0 Å². The highest BCUT2D eigenvalue weighted by atomic mass is 35.5. The Kier molecular flexibility index (Phi) is 4.49. The number of benzene rings is 1. The van der Waals surface area contributed by atoms with E-state index in [0.29, 0.717) is 11.6 Å². The Morgan fingerprint density at radius 2 is 2.20 bits per heavy atom. The summed E-state index contributed by atoms with van der Waals surface area (Å²) >= 11 is 5.79. The number of carbonyl (C=O) groups is 2. The number of nitrogens with zero attached hydrogens (tertiary/aromatic N) is 1. The predicted octanol–water partition coefficient (Wildman–Crippen LogP) is 3.30. The van der Waals surface area contributed by atoms with Gasteiger partial charge in [-0.2, -0.15) is 0 Å². The molecule has 2 amide bonds. The molecule has 1 unspecified atom stereocenters. The highest BCUT2D eigenvalue weighted by Gasteiger charge is 2.21. The summed E-state index contributed by atoms with van der Waals surface area (Å²) in [4.78, 5) is 24.9. The lowest BCUT2D eigenvalue weighted by Crippen LogP contribution is -2.41. The number of piperidine rings is 1. The standard InChI is InChI=1S/C14H17ClN2O3/c1-9-3-2-6-17(8-9)14(20)16-10-4-5-12(15)11(7-10)13(18)19/h4-5,7,9H,2-3,6,8H2,1H3,(H,16,20)(H,18,19). The molecule has 0 radical (unpaired) electrons.